The number of anilines is 1. The Morgan fingerprint density at radius 2 is 2.08 bits per heavy atom. The van der Waals surface area contributed by atoms with E-state index in [1.807, 2.05) is 42.6 Å². The summed E-state index contributed by atoms with van der Waals surface area (Å²) in [6.45, 7) is 0.762. The molecule has 0 bridgehead atoms. The molecule has 4 rings (SSSR count). The maximum Gasteiger partial charge on any atom is 0.135 e. The van der Waals surface area contributed by atoms with Crippen molar-refractivity contribution >= 4 is 38.1 Å². The molecule has 5 heteroatoms. The van der Waals surface area contributed by atoms with E-state index in [1.165, 1.54) is 4.70 Å². The first-order valence-corrected chi connectivity index (χ1v) is 8.58. The fourth-order valence-corrected chi connectivity index (χ4v) is 3.69. The highest BCUT2D eigenvalue weighted by atomic mass is 32.1. The largest absolute Gasteiger partial charge is 0.369 e. The molecule has 0 atom stereocenters. The zero-order valence-electron chi connectivity index (χ0n) is 12.9. The first-order valence-electron chi connectivity index (χ1n) is 7.70. The summed E-state index contributed by atoms with van der Waals surface area (Å²) < 4.78 is 1.20. The second-order valence-corrected chi connectivity index (χ2v) is 6.38. The van der Waals surface area contributed by atoms with Crippen LogP contribution in [-0.2, 0) is 6.42 Å². The van der Waals surface area contributed by atoms with Crippen molar-refractivity contribution in [3.8, 4) is 6.07 Å². The van der Waals surface area contributed by atoms with Crippen molar-refractivity contribution in [2.75, 3.05) is 11.9 Å². The van der Waals surface area contributed by atoms with E-state index >= 15 is 0 Å². The molecule has 4 nitrogen and oxygen atoms in total. The van der Waals surface area contributed by atoms with Crippen LogP contribution < -0.4 is 5.32 Å². The molecule has 0 saturated heterocycles. The fraction of sp³-hybridized carbons (Fsp3) is 0.105. The fourth-order valence-electron chi connectivity index (χ4n) is 2.76. The number of rotatable bonds is 4. The Morgan fingerprint density at radius 3 is 2.92 bits per heavy atom. The first-order chi connectivity index (χ1) is 11.8. The summed E-state index contributed by atoms with van der Waals surface area (Å²) >= 11 is 1.70. The topological polar surface area (TPSA) is 61.6 Å². The number of benzene rings is 1. The van der Waals surface area contributed by atoms with Gasteiger partial charge in [-0.15, -0.1) is 11.3 Å². The molecule has 4 aromatic rings. The van der Waals surface area contributed by atoms with Gasteiger partial charge in [-0.1, -0.05) is 12.1 Å². The number of thiophene rings is 1. The number of nitriles is 1. The molecule has 24 heavy (non-hydrogen) atoms. The Kier molecular flexibility index (Phi) is 3.81. The highest BCUT2D eigenvalue weighted by Crippen LogP contribution is 2.33. The van der Waals surface area contributed by atoms with Gasteiger partial charge in [-0.3, -0.25) is 4.98 Å². The predicted molar refractivity (Wildman–Crippen MR) is 98.3 cm³/mol. The normalized spacial score (nSPS) is 10.8. The molecule has 0 aliphatic carbocycles. The quantitative estimate of drug-likeness (QED) is 0.603. The van der Waals surface area contributed by atoms with Gasteiger partial charge in [-0.2, -0.15) is 5.26 Å². The van der Waals surface area contributed by atoms with Gasteiger partial charge in [-0.05, 0) is 35.7 Å². The smallest absolute Gasteiger partial charge is 0.135 e. The van der Waals surface area contributed by atoms with Crippen molar-refractivity contribution < 1.29 is 0 Å². The van der Waals surface area contributed by atoms with Gasteiger partial charge in [0.1, 0.15) is 5.82 Å². The third-order valence-electron chi connectivity index (χ3n) is 3.92. The third-order valence-corrected chi connectivity index (χ3v) is 4.87. The van der Waals surface area contributed by atoms with Crippen LogP contribution in [0.15, 0.2) is 54.0 Å². The van der Waals surface area contributed by atoms with Crippen LogP contribution in [0.3, 0.4) is 0 Å². The van der Waals surface area contributed by atoms with Gasteiger partial charge in [0.25, 0.3) is 0 Å². The van der Waals surface area contributed by atoms with Crippen molar-refractivity contribution in [3.05, 3.63) is 65.3 Å². The Morgan fingerprint density at radius 1 is 1.12 bits per heavy atom. The molecule has 0 unspecified atom stereocenters. The van der Waals surface area contributed by atoms with E-state index in [0.29, 0.717) is 5.56 Å². The van der Waals surface area contributed by atoms with Gasteiger partial charge >= 0.3 is 0 Å². The molecule has 0 saturated carbocycles. The van der Waals surface area contributed by atoms with Crippen molar-refractivity contribution in [1.82, 2.24) is 9.97 Å². The van der Waals surface area contributed by atoms with Crippen LogP contribution in [0.1, 0.15) is 11.3 Å². The van der Waals surface area contributed by atoms with E-state index in [4.69, 9.17) is 10.2 Å². The maximum atomic E-state index is 9.11. The number of aromatic nitrogens is 2. The summed E-state index contributed by atoms with van der Waals surface area (Å²) in [5.74, 6) is 0.866. The predicted octanol–water partition coefficient (Wildman–Crippen LogP) is 4.37. The van der Waals surface area contributed by atoms with Crippen molar-refractivity contribution in [2.45, 2.75) is 6.42 Å². The molecule has 0 fully saturated rings. The minimum atomic E-state index is 0.630. The Balaban J connectivity index is 1.68. The van der Waals surface area contributed by atoms with E-state index in [-0.39, 0.29) is 0 Å². The Hall–Kier alpha value is -2.97. The third kappa shape index (κ3) is 2.68. The molecule has 0 amide bonds. The number of nitrogens with zero attached hydrogens (tertiary/aromatic N) is 3. The minimum absolute atomic E-state index is 0.630. The van der Waals surface area contributed by atoms with E-state index in [1.54, 1.807) is 11.3 Å². The number of hydrogen-bond acceptors (Lipinski definition) is 5. The van der Waals surface area contributed by atoms with Crippen LogP contribution in [0, 0.1) is 11.3 Å². The van der Waals surface area contributed by atoms with Crippen LogP contribution in [0.4, 0.5) is 5.82 Å². The SMILES string of the molecule is N#Cc1ccc2c(c1)nc(NCCc1ccccn1)c1ccsc12. The number of hydrogen-bond donors (Lipinski definition) is 1. The summed E-state index contributed by atoms with van der Waals surface area (Å²) in [6, 6.07) is 15.9. The maximum absolute atomic E-state index is 9.11. The average Bonchev–Trinajstić information content (AvgIpc) is 3.12. The van der Waals surface area contributed by atoms with Crippen LogP contribution in [0.25, 0.3) is 21.0 Å². The summed E-state index contributed by atoms with van der Waals surface area (Å²) in [6.07, 6.45) is 2.65. The zero-order chi connectivity index (χ0) is 16.4. The molecule has 116 valence electrons. The van der Waals surface area contributed by atoms with Crippen LogP contribution in [0.5, 0.6) is 0 Å². The van der Waals surface area contributed by atoms with E-state index in [0.717, 1.165) is 40.8 Å². The summed E-state index contributed by atoms with van der Waals surface area (Å²) in [5, 5.41) is 16.8. The summed E-state index contributed by atoms with van der Waals surface area (Å²) in [5.41, 5.74) is 2.54. The van der Waals surface area contributed by atoms with Gasteiger partial charge in [-0.25, -0.2) is 4.98 Å². The number of nitrogens with one attached hydrogen (secondary N) is 1. The molecule has 0 radical (unpaired) electrons. The molecule has 0 spiro atoms. The van der Waals surface area contributed by atoms with E-state index in [9.17, 15) is 0 Å². The lowest BCUT2D eigenvalue weighted by Crippen LogP contribution is -2.07. The average molecular weight is 330 g/mol. The number of fused-ring (bicyclic) bond motifs is 3. The molecule has 0 aliphatic heterocycles. The molecular weight excluding hydrogens is 316 g/mol. The monoisotopic (exact) mass is 330 g/mol. The molecule has 1 aromatic carbocycles. The molecule has 3 aromatic heterocycles. The van der Waals surface area contributed by atoms with Gasteiger partial charge in [0.2, 0.25) is 0 Å². The highest BCUT2D eigenvalue weighted by molar-refractivity contribution is 7.18. The summed E-state index contributed by atoms with van der Waals surface area (Å²) in [4.78, 5) is 9.08. The zero-order valence-corrected chi connectivity index (χ0v) is 13.7. The van der Waals surface area contributed by atoms with Crippen LogP contribution in [-0.4, -0.2) is 16.5 Å². The van der Waals surface area contributed by atoms with Crippen molar-refractivity contribution in [2.24, 2.45) is 0 Å². The first kappa shape index (κ1) is 14.6. The molecule has 3 heterocycles. The second-order valence-electron chi connectivity index (χ2n) is 5.47. The van der Waals surface area contributed by atoms with E-state index in [2.05, 4.69) is 27.8 Å². The van der Waals surface area contributed by atoms with Crippen LogP contribution in [0.2, 0.25) is 0 Å². The van der Waals surface area contributed by atoms with Crippen molar-refractivity contribution in [3.63, 3.8) is 0 Å². The van der Waals surface area contributed by atoms with Crippen molar-refractivity contribution in [1.29, 1.82) is 5.26 Å². The minimum Gasteiger partial charge on any atom is -0.369 e. The molecular formula is C19H14N4S. The standard InChI is InChI=1S/C19H14N4S/c20-12-13-4-5-15-17(11-13)23-19(16-7-10-24-18(15)16)22-9-6-14-3-1-2-8-21-14/h1-5,7-8,10-11H,6,9H2,(H,22,23). The molecule has 0 aliphatic rings. The highest BCUT2D eigenvalue weighted by Gasteiger charge is 2.10. The summed E-state index contributed by atoms with van der Waals surface area (Å²) in [7, 11) is 0. The lowest BCUT2D eigenvalue weighted by atomic mass is 10.1. The number of pyridine rings is 2. The van der Waals surface area contributed by atoms with Gasteiger partial charge in [0, 0.05) is 40.3 Å². The lowest BCUT2D eigenvalue weighted by Gasteiger charge is -2.09. The Bertz CT molecular complexity index is 1050. The van der Waals surface area contributed by atoms with E-state index < -0.39 is 0 Å². The molecule has 1 N–H and O–H groups in total. The van der Waals surface area contributed by atoms with Gasteiger partial charge in [0.05, 0.1) is 17.1 Å². The van der Waals surface area contributed by atoms with Gasteiger partial charge in [0.15, 0.2) is 0 Å². The Labute approximate surface area is 143 Å². The second kappa shape index (κ2) is 6.26. The lowest BCUT2D eigenvalue weighted by molar-refractivity contribution is 0.957. The van der Waals surface area contributed by atoms with Crippen LogP contribution >= 0.6 is 11.3 Å². The van der Waals surface area contributed by atoms with Gasteiger partial charge < -0.3 is 5.32 Å².